The molecule has 1 fully saturated rings. The van der Waals surface area contributed by atoms with Gasteiger partial charge in [-0.3, -0.25) is 9.59 Å². The Morgan fingerprint density at radius 3 is 2.43 bits per heavy atom. The Labute approximate surface area is 176 Å². The van der Waals surface area contributed by atoms with E-state index in [9.17, 15) is 9.59 Å². The summed E-state index contributed by atoms with van der Waals surface area (Å²) in [7, 11) is 0. The van der Waals surface area contributed by atoms with Crippen molar-refractivity contribution < 1.29 is 9.59 Å². The van der Waals surface area contributed by atoms with E-state index in [0.717, 1.165) is 37.3 Å². The number of anilines is 2. The van der Waals surface area contributed by atoms with Crippen LogP contribution in [0, 0.1) is 5.92 Å². The van der Waals surface area contributed by atoms with Gasteiger partial charge < -0.3 is 21.7 Å². The number of carbonyl (C=O) groups excluding carboxylic acids is 2. The summed E-state index contributed by atoms with van der Waals surface area (Å²) in [6.45, 7) is 1.79. The normalized spacial score (nSPS) is 13.8. The van der Waals surface area contributed by atoms with Gasteiger partial charge in [-0.25, -0.2) is 4.98 Å². The topological polar surface area (TPSA) is 114 Å². The first-order chi connectivity index (χ1) is 12.6. The molecule has 1 aromatic heterocycles. The average Bonchev–Trinajstić information content (AvgIpc) is 2.67. The highest BCUT2D eigenvalue weighted by Crippen LogP contribution is 2.24. The van der Waals surface area contributed by atoms with Gasteiger partial charge in [0.15, 0.2) is 0 Å². The van der Waals surface area contributed by atoms with Gasteiger partial charge in [0.2, 0.25) is 5.91 Å². The predicted molar refractivity (Wildman–Crippen MR) is 115 cm³/mol. The minimum absolute atomic E-state index is 0. The number of benzene rings is 1. The first-order valence-electron chi connectivity index (χ1n) is 8.67. The molecule has 1 saturated heterocycles. The van der Waals surface area contributed by atoms with E-state index in [1.54, 1.807) is 30.5 Å². The number of rotatable bonds is 5. The molecule has 2 heterocycles. The smallest absolute Gasteiger partial charge is 0.253 e. The van der Waals surface area contributed by atoms with Crippen molar-refractivity contribution in [2.75, 3.05) is 23.7 Å². The van der Waals surface area contributed by atoms with Crippen LogP contribution >= 0.6 is 24.8 Å². The number of nitrogen functional groups attached to an aromatic ring is 1. The Morgan fingerprint density at radius 1 is 1.11 bits per heavy atom. The Hall–Kier alpha value is -2.51. The molecule has 7 nitrogen and oxygen atoms in total. The number of piperidine rings is 1. The van der Waals surface area contributed by atoms with E-state index >= 15 is 0 Å². The fourth-order valence-electron chi connectivity index (χ4n) is 3.20. The molecule has 1 aromatic carbocycles. The van der Waals surface area contributed by atoms with Crippen LogP contribution in [0.3, 0.4) is 0 Å². The molecular weight excluding hydrogens is 401 g/mol. The van der Waals surface area contributed by atoms with Gasteiger partial charge in [0.05, 0.1) is 5.56 Å². The molecule has 0 unspecified atom stereocenters. The number of hydrogen-bond donors (Lipinski definition) is 3. The van der Waals surface area contributed by atoms with Gasteiger partial charge in [0.1, 0.15) is 5.82 Å². The van der Waals surface area contributed by atoms with Crippen molar-refractivity contribution in [2.45, 2.75) is 19.4 Å². The Balaban J connectivity index is 0.00000196. The molecule has 28 heavy (non-hydrogen) atoms. The Morgan fingerprint density at radius 2 is 1.79 bits per heavy atom. The second kappa shape index (κ2) is 10.7. The van der Waals surface area contributed by atoms with E-state index in [4.69, 9.17) is 11.5 Å². The number of pyridine rings is 1. The van der Waals surface area contributed by atoms with Crippen LogP contribution in [0.25, 0.3) is 0 Å². The summed E-state index contributed by atoms with van der Waals surface area (Å²) < 4.78 is 0. The molecule has 9 heteroatoms. The first kappa shape index (κ1) is 23.5. The van der Waals surface area contributed by atoms with E-state index < -0.39 is 0 Å². The molecule has 1 aliphatic rings. The van der Waals surface area contributed by atoms with Crippen LogP contribution in [0.5, 0.6) is 0 Å². The molecule has 0 spiro atoms. The second-order valence-electron chi connectivity index (χ2n) is 6.42. The van der Waals surface area contributed by atoms with Crippen LogP contribution in [0.2, 0.25) is 0 Å². The molecule has 0 atom stereocenters. The summed E-state index contributed by atoms with van der Waals surface area (Å²) in [5.41, 5.74) is 13.1. The van der Waals surface area contributed by atoms with Crippen molar-refractivity contribution in [3.05, 3.63) is 53.7 Å². The van der Waals surface area contributed by atoms with Gasteiger partial charge in [0, 0.05) is 43.0 Å². The molecule has 152 valence electrons. The molecule has 0 bridgehead atoms. The van der Waals surface area contributed by atoms with E-state index in [0.29, 0.717) is 17.8 Å². The van der Waals surface area contributed by atoms with Crippen LogP contribution in [-0.4, -0.2) is 29.9 Å². The zero-order chi connectivity index (χ0) is 18.5. The lowest BCUT2D eigenvalue weighted by Gasteiger charge is -2.32. The minimum atomic E-state index is -0.237. The molecule has 2 aromatic rings. The van der Waals surface area contributed by atoms with Crippen LogP contribution in [0.1, 0.15) is 28.8 Å². The number of hydrogen-bond acceptors (Lipinski definition) is 5. The SMILES string of the molecule is Cl.Cl.NC(=O)C1CCN(c2ncccc2CNC(=O)c2ccccc2N)CC1. The second-order valence-corrected chi connectivity index (χ2v) is 6.42. The maximum Gasteiger partial charge on any atom is 0.253 e. The average molecular weight is 426 g/mol. The summed E-state index contributed by atoms with van der Waals surface area (Å²) in [6.07, 6.45) is 3.17. The van der Waals surface area contributed by atoms with E-state index in [2.05, 4.69) is 15.2 Å². The summed E-state index contributed by atoms with van der Waals surface area (Å²) in [6, 6.07) is 10.8. The number of nitrogens with zero attached hydrogens (tertiary/aromatic N) is 2. The van der Waals surface area contributed by atoms with Gasteiger partial charge in [0.25, 0.3) is 5.91 Å². The molecule has 2 amide bonds. The maximum absolute atomic E-state index is 12.4. The van der Waals surface area contributed by atoms with Gasteiger partial charge in [-0.05, 0) is 31.0 Å². The fourth-order valence-corrected chi connectivity index (χ4v) is 3.20. The van der Waals surface area contributed by atoms with Crippen LogP contribution in [-0.2, 0) is 11.3 Å². The molecule has 0 radical (unpaired) electrons. The van der Waals surface area contributed by atoms with E-state index in [1.807, 2.05) is 12.1 Å². The minimum Gasteiger partial charge on any atom is -0.398 e. The fraction of sp³-hybridized carbons (Fsp3) is 0.316. The molecule has 1 aliphatic heterocycles. The number of amides is 2. The lowest BCUT2D eigenvalue weighted by molar-refractivity contribution is -0.122. The molecule has 3 rings (SSSR count). The molecule has 5 N–H and O–H groups in total. The zero-order valence-corrected chi connectivity index (χ0v) is 17.0. The quantitative estimate of drug-likeness (QED) is 0.634. The number of nitrogens with one attached hydrogen (secondary N) is 1. The zero-order valence-electron chi connectivity index (χ0n) is 15.3. The van der Waals surface area contributed by atoms with Gasteiger partial charge in [-0.2, -0.15) is 0 Å². The lowest BCUT2D eigenvalue weighted by Crippen LogP contribution is -2.39. The highest BCUT2D eigenvalue weighted by Gasteiger charge is 2.25. The van der Waals surface area contributed by atoms with Crippen molar-refractivity contribution in [3.8, 4) is 0 Å². The third-order valence-electron chi connectivity index (χ3n) is 4.71. The largest absolute Gasteiger partial charge is 0.398 e. The number of para-hydroxylation sites is 1. The third kappa shape index (κ3) is 5.50. The van der Waals surface area contributed by atoms with E-state index in [1.165, 1.54) is 0 Å². The molecular formula is C19H25Cl2N5O2. The highest BCUT2D eigenvalue weighted by atomic mass is 35.5. The van der Waals surface area contributed by atoms with Crippen LogP contribution in [0.15, 0.2) is 42.6 Å². The van der Waals surface area contributed by atoms with Gasteiger partial charge in [-0.15, -0.1) is 24.8 Å². The third-order valence-corrected chi connectivity index (χ3v) is 4.71. The number of aromatic nitrogens is 1. The summed E-state index contributed by atoms with van der Waals surface area (Å²) in [5.74, 6) is 0.305. The molecule has 0 saturated carbocycles. The standard InChI is InChI=1S/C19H23N5O2.2ClH/c20-16-6-2-1-5-15(16)19(26)23-12-14-4-3-9-22-18(14)24-10-7-13(8-11-24)17(21)25;;/h1-6,9,13H,7-8,10-12,20H2,(H2,21,25)(H,23,26);2*1H. The number of primary amides is 1. The number of halogens is 2. The summed E-state index contributed by atoms with van der Waals surface area (Å²) in [5, 5.41) is 2.90. The maximum atomic E-state index is 12.4. The summed E-state index contributed by atoms with van der Waals surface area (Å²) >= 11 is 0. The van der Waals surface area contributed by atoms with E-state index in [-0.39, 0.29) is 42.5 Å². The van der Waals surface area contributed by atoms with Crippen LogP contribution < -0.4 is 21.7 Å². The Bertz CT molecular complexity index is 810. The summed E-state index contributed by atoms with van der Waals surface area (Å²) in [4.78, 5) is 30.3. The Kier molecular flexibility index (Phi) is 9.02. The lowest BCUT2D eigenvalue weighted by atomic mass is 9.96. The van der Waals surface area contributed by atoms with Gasteiger partial charge >= 0.3 is 0 Å². The monoisotopic (exact) mass is 425 g/mol. The van der Waals surface area contributed by atoms with Crippen molar-refractivity contribution >= 4 is 48.1 Å². The van der Waals surface area contributed by atoms with Gasteiger partial charge in [-0.1, -0.05) is 18.2 Å². The van der Waals surface area contributed by atoms with Crippen molar-refractivity contribution in [2.24, 2.45) is 11.7 Å². The number of carbonyl (C=O) groups is 2. The van der Waals surface area contributed by atoms with Crippen molar-refractivity contribution in [1.82, 2.24) is 10.3 Å². The highest BCUT2D eigenvalue weighted by molar-refractivity contribution is 5.99. The van der Waals surface area contributed by atoms with Crippen LogP contribution in [0.4, 0.5) is 11.5 Å². The van der Waals surface area contributed by atoms with Crippen molar-refractivity contribution in [3.63, 3.8) is 0 Å². The number of nitrogens with two attached hydrogens (primary N) is 2. The molecule has 0 aliphatic carbocycles. The first-order valence-corrected chi connectivity index (χ1v) is 8.67. The van der Waals surface area contributed by atoms with Crippen molar-refractivity contribution in [1.29, 1.82) is 0 Å². The predicted octanol–water partition coefficient (Wildman–Crippen LogP) is 2.14.